The van der Waals surface area contributed by atoms with Gasteiger partial charge in [-0.3, -0.25) is 0 Å². The van der Waals surface area contributed by atoms with Crippen molar-refractivity contribution in [1.29, 1.82) is 0 Å². The van der Waals surface area contributed by atoms with Gasteiger partial charge in [-0.2, -0.15) is 0 Å². The highest BCUT2D eigenvalue weighted by Crippen LogP contribution is 2.22. The van der Waals surface area contributed by atoms with Crippen LogP contribution < -0.4 is 0 Å². The first-order valence-electron chi connectivity index (χ1n) is 7.08. The lowest BCUT2D eigenvalue weighted by molar-refractivity contribution is 0.205. The molecule has 1 saturated heterocycles. The van der Waals surface area contributed by atoms with Crippen molar-refractivity contribution in [2.75, 3.05) is 20.1 Å². The molecule has 1 fully saturated rings. The van der Waals surface area contributed by atoms with Gasteiger partial charge in [0.25, 0.3) is 0 Å². The Morgan fingerprint density at radius 3 is 2.63 bits per heavy atom. The summed E-state index contributed by atoms with van der Waals surface area (Å²) >= 11 is 0. The van der Waals surface area contributed by atoms with Crippen molar-refractivity contribution in [3.63, 3.8) is 0 Å². The quantitative estimate of drug-likeness (QED) is 0.841. The Labute approximate surface area is 114 Å². The molecule has 0 unspecified atom stereocenters. The number of hydrogen-bond acceptors (Lipinski definition) is 2. The zero-order valence-corrected chi connectivity index (χ0v) is 11.5. The van der Waals surface area contributed by atoms with Crippen LogP contribution in [-0.2, 0) is 6.54 Å². The molecule has 100 valence electrons. The summed E-state index contributed by atoms with van der Waals surface area (Å²) in [6.07, 6.45) is 6.61. The fourth-order valence-corrected chi connectivity index (χ4v) is 2.83. The predicted molar refractivity (Wildman–Crippen MR) is 77.9 cm³/mol. The lowest BCUT2D eigenvalue weighted by Gasteiger charge is -2.29. The monoisotopic (exact) mass is 255 g/mol. The summed E-state index contributed by atoms with van der Waals surface area (Å²) < 4.78 is 2.31. The summed E-state index contributed by atoms with van der Waals surface area (Å²) in [7, 11) is 2.21. The average molecular weight is 255 g/mol. The van der Waals surface area contributed by atoms with E-state index in [1.54, 1.807) is 0 Å². The Bertz CT molecular complexity index is 510. The highest BCUT2D eigenvalue weighted by atomic mass is 15.1. The molecule has 19 heavy (non-hydrogen) atoms. The van der Waals surface area contributed by atoms with E-state index in [0.717, 1.165) is 18.3 Å². The summed E-state index contributed by atoms with van der Waals surface area (Å²) in [5, 5.41) is 0. The minimum Gasteiger partial charge on any atom is -0.331 e. The molecule has 0 radical (unpaired) electrons. The van der Waals surface area contributed by atoms with E-state index in [-0.39, 0.29) is 0 Å². The maximum absolute atomic E-state index is 4.52. The van der Waals surface area contributed by atoms with Crippen molar-refractivity contribution in [3.05, 3.63) is 42.7 Å². The SMILES string of the molecule is CN1CCC(Cn2ccnc2-c2ccccc2)CC1. The summed E-state index contributed by atoms with van der Waals surface area (Å²) in [6, 6.07) is 10.5. The molecular formula is C16H21N3. The number of aromatic nitrogens is 2. The molecule has 0 amide bonds. The van der Waals surface area contributed by atoms with E-state index in [1.807, 2.05) is 12.3 Å². The highest BCUT2D eigenvalue weighted by Gasteiger charge is 2.18. The van der Waals surface area contributed by atoms with Crippen molar-refractivity contribution >= 4 is 0 Å². The number of rotatable bonds is 3. The van der Waals surface area contributed by atoms with Crippen LogP contribution in [0.2, 0.25) is 0 Å². The van der Waals surface area contributed by atoms with Crippen LogP contribution >= 0.6 is 0 Å². The van der Waals surface area contributed by atoms with Gasteiger partial charge >= 0.3 is 0 Å². The van der Waals surface area contributed by atoms with Crippen molar-refractivity contribution in [2.45, 2.75) is 19.4 Å². The Morgan fingerprint density at radius 2 is 1.89 bits per heavy atom. The number of benzene rings is 1. The van der Waals surface area contributed by atoms with Crippen molar-refractivity contribution in [1.82, 2.24) is 14.5 Å². The Balaban J connectivity index is 1.74. The van der Waals surface area contributed by atoms with Gasteiger partial charge in [0.1, 0.15) is 5.82 Å². The third kappa shape index (κ3) is 2.87. The summed E-state index contributed by atoms with van der Waals surface area (Å²) in [5.41, 5.74) is 1.21. The lowest BCUT2D eigenvalue weighted by atomic mass is 9.97. The fourth-order valence-electron chi connectivity index (χ4n) is 2.83. The van der Waals surface area contributed by atoms with Gasteiger partial charge in [0.05, 0.1) is 0 Å². The Morgan fingerprint density at radius 1 is 1.16 bits per heavy atom. The predicted octanol–water partition coefficient (Wildman–Crippen LogP) is 2.89. The van der Waals surface area contributed by atoms with Gasteiger partial charge in [-0.1, -0.05) is 30.3 Å². The molecule has 1 aromatic carbocycles. The molecule has 0 aliphatic carbocycles. The van der Waals surface area contributed by atoms with E-state index in [0.29, 0.717) is 0 Å². The van der Waals surface area contributed by atoms with Crippen LogP contribution in [0.5, 0.6) is 0 Å². The minimum atomic E-state index is 0.785. The molecule has 0 atom stereocenters. The lowest BCUT2D eigenvalue weighted by Crippen LogP contribution is -2.31. The Kier molecular flexibility index (Phi) is 3.65. The summed E-state index contributed by atoms with van der Waals surface area (Å²) in [6.45, 7) is 3.54. The van der Waals surface area contributed by atoms with Crippen LogP contribution in [0, 0.1) is 5.92 Å². The largest absolute Gasteiger partial charge is 0.331 e. The molecule has 0 N–H and O–H groups in total. The second-order valence-corrected chi connectivity index (χ2v) is 5.52. The van der Waals surface area contributed by atoms with E-state index in [1.165, 1.54) is 31.5 Å². The van der Waals surface area contributed by atoms with Gasteiger partial charge in [0.15, 0.2) is 0 Å². The zero-order valence-electron chi connectivity index (χ0n) is 11.5. The third-order valence-electron chi connectivity index (χ3n) is 4.04. The second-order valence-electron chi connectivity index (χ2n) is 5.52. The van der Waals surface area contributed by atoms with Crippen LogP contribution in [0.15, 0.2) is 42.7 Å². The van der Waals surface area contributed by atoms with Crippen LogP contribution in [-0.4, -0.2) is 34.6 Å². The van der Waals surface area contributed by atoms with Gasteiger partial charge in [-0.15, -0.1) is 0 Å². The maximum atomic E-state index is 4.52. The molecule has 0 bridgehead atoms. The molecule has 1 aliphatic heterocycles. The summed E-state index contributed by atoms with van der Waals surface area (Å²) in [5.74, 6) is 1.88. The van der Waals surface area contributed by atoms with Crippen molar-refractivity contribution < 1.29 is 0 Å². The highest BCUT2D eigenvalue weighted by molar-refractivity contribution is 5.55. The standard InChI is InChI=1S/C16H21N3/c1-18-10-7-14(8-11-18)13-19-12-9-17-16(19)15-5-3-2-4-6-15/h2-6,9,12,14H,7-8,10-11,13H2,1H3. The van der Waals surface area contributed by atoms with E-state index in [9.17, 15) is 0 Å². The third-order valence-corrected chi connectivity index (χ3v) is 4.04. The van der Waals surface area contributed by atoms with E-state index in [4.69, 9.17) is 0 Å². The number of hydrogen-bond donors (Lipinski definition) is 0. The molecule has 3 rings (SSSR count). The van der Waals surface area contributed by atoms with Crippen LogP contribution in [0.1, 0.15) is 12.8 Å². The molecule has 0 saturated carbocycles. The molecular weight excluding hydrogens is 234 g/mol. The van der Waals surface area contributed by atoms with Crippen LogP contribution in [0.25, 0.3) is 11.4 Å². The number of piperidine rings is 1. The first-order valence-corrected chi connectivity index (χ1v) is 7.08. The topological polar surface area (TPSA) is 21.1 Å². The van der Waals surface area contributed by atoms with E-state index < -0.39 is 0 Å². The van der Waals surface area contributed by atoms with E-state index >= 15 is 0 Å². The van der Waals surface area contributed by atoms with Crippen LogP contribution in [0.3, 0.4) is 0 Å². The van der Waals surface area contributed by atoms with Crippen molar-refractivity contribution in [3.8, 4) is 11.4 Å². The normalized spacial score (nSPS) is 17.7. The van der Waals surface area contributed by atoms with Crippen molar-refractivity contribution in [2.24, 2.45) is 5.92 Å². The first-order chi connectivity index (χ1) is 9.33. The number of imidazole rings is 1. The van der Waals surface area contributed by atoms with Gasteiger partial charge in [-0.05, 0) is 38.9 Å². The smallest absolute Gasteiger partial charge is 0.139 e. The van der Waals surface area contributed by atoms with Crippen LogP contribution in [0.4, 0.5) is 0 Å². The molecule has 2 aromatic rings. The molecule has 0 spiro atoms. The van der Waals surface area contributed by atoms with Gasteiger partial charge in [-0.25, -0.2) is 4.98 Å². The number of nitrogens with zero attached hydrogens (tertiary/aromatic N) is 3. The first kappa shape index (κ1) is 12.4. The zero-order chi connectivity index (χ0) is 13.1. The summed E-state index contributed by atoms with van der Waals surface area (Å²) in [4.78, 5) is 6.94. The minimum absolute atomic E-state index is 0.785. The average Bonchev–Trinajstić information content (AvgIpc) is 2.90. The molecule has 3 heteroatoms. The molecule has 3 nitrogen and oxygen atoms in total. The maximum Gasteiger partial charge on any atom is 0.139 e. The molecule has 1 aromatic heterocycles. The second kappa shape index (κ2) is 5.57. The van der Waals surface area contributed by atoms with E-state index in [2.05, 4.69) is 52.0 Å². The van der Waals surface area contributed by atoms with Gasteiger partial charge in [0, 0.05) is 24.5 Å². The number of likely N-dealkylation sites (tertiary alicyclic amines) is 1. The Hall–Kier alpha value is -1.61. The fraction of sp³-hybridized carbons (Fsp3) is 0.438. The molecule has 2 heterocycles. The van der Waals surface area contributed by atoms with Gasteiger partial charge in [0.2, 0.25) is 0 Å². The van der Waals surface area contributed by atoms with Gasteiger partial charge < -0.3 is 9.47 Å². The molecule has 1 aliphatic rings.